The fraction of sp³-hybridized carbons (Fsp3) is 0.750. The molecule has 12 heavy (non-hydrogen) atoms. The highest BCUT2D eigenvalue weighted by Crippen LogP contribution is 2.17. The van der Waals surface area contributed by atoms with Gasteiger partial charge >= 0.3 is 5.97 Å². The van der Waals surface area contributed by atoms with Crippen LogP contribution < -0.4 is 0 Å². The molecule has 4 heteroatoms. The molecule has 1 aliphatic rings. The van der Waals surface area contributed by atoms with E-state index >= 15 is 0 Å². The zero-order valence-electron chi connectivity index (χ0n) is 7.12. The molecular formula is C8H12N2O2. The summed E-state index contributed by atoms with van der Waals surface area (Å²) in [4.78, 5) is 12.7. The van der Waals surface area contributed by atoms with E-state index in [1.165, 1.54) is 7.11 Å². The molecule has 0 saturated carbocycles. The van der Waals surface area contributed by atoms with Crippen LogP contribution in [0.5, 0.6) is 0 Å². The predicted octanol–water partition coefficient (Wildman–Crippen LogP) is 0.352. The Morgan fingerprint density at radius 1 is 1.58 bits per heavy atom. The van der Waals surface area contributed by atoms with Gasteiger partial charge in [-0.2, -0.15) is 5.26 Å². The Kier molecular flexibility index (Phi) is 2.92. The van der Waals surface area contributed by atoms with Gasteiger partial charge in [-0.3, -0.25) is 4.79 Å². The van der Waals surface area contributed by atoms with Crippen molar-refractivity contribution in [1.29, 1.82) is 5.26 Å². The van der Waals surface area contributed by atoms with Crippen LogP contribution >= 0.6 is 0 Å². The van der Waals surface area contributed by atoms with Crippen molar-refractivity contribution in [2.75, 3.05) is 20.2 Å². The second-order valence-corrected chi connectivity index (χ2v) is 2.88. The Morgan fingerprint density at radius 2 is 2.17 bits per heavy atom. The van der Waals surface area contributed by atoms with E-state index in [9.17, 15) is 4.79 Å². The number of ether oxygens (including phenoxy) is 1. The number of carbonyl (C=O) groups is 1. The lowest BCUT2D eigenvalue weighted by atomic mass is 9.97. The SMILES string of the molecule is COC(=O)C1CCN(C#N)CC1. The minimum Gasteiger partial charge on any atom is -0.469 e. The van der Waals surface area contributed by atoms with Gasteiger partial charge in [-0.15, -0.1) is 0 Å². The van der Waals surface area contributed by atoms with Gasteiger partial charge in [0.1, 0.15) is 0 Å². The lowest BCUT2D eigenvalue weighted by Gasteiger charge is -2.25. The van der Waals surface area contributed by atoms with Crippen molar-refractivity contribution in [3.8, 4) is 6.19 Å². The average molecular weight is 168 g/mol. The van der Waals surface area contributed by atoms with Gasteiger partial charge in [0.05, 0.1) is 13.0 Å². The molecule has 1 aliphatic heterocycles. The van der Waals surface area contributed by atoms with Crippen molar-refractivity contribution < 1.29 is 9.53 Å². The number of likely N-dealkylation sites (tertiary alicyclic amines) is 1. The van der Waals surface area contributed by atoms with Crippen LogP contribution in [0, 0.1) is 17.4 Å². The maximum Gasteiger partial charge on any atom is 0.308 e. The Hall–Kier alpha value is -1.24. The van der Waals surface area contributed by atoms with Crippen LogP contribution in [0.4, 0.5) is 0 Å². The molecule has 0 atom stereocenters. The molecule has 0 aromatic rings. The number of methoxy groups -OCH3 is 1. The second-order valence-electron chi connectivity index (χ2n) is 2.88. The highest BCUT2D eigenvalue weighted by molar-refractivity contribution is 5.72. The normalized spacial score (nSPS) is 18.5. The summed E-state index contributed by atoms with van der Waals surface area (Å²) in [6, 6.07) is 0. The Bertz CT molecular complexity index is 202. The Balaban J connectivity index is 2.37. The maximum atomic E-state index is 11.0. The summed E-state index contributed by atoms with van der Waals surface area (Å²) in [7, 11) is 1.40. The number of carbonyl (C=O) groups excluding carboxylic acids is 1. The molecule has 1 fully saturated rings. The van der Waals surface area contributed by atoms with Gasteiger partial charge in [0.2, 0.25) is 0 Å². The molecule has 0 radical (unpaired) electrons. The second kappa shape index (κ2) is 3.96. The monoisotopic (exact) mass is 168 g/mol. The summed E-state index contributed by atoms with van der Waals surface area (Å²) < 4.78 is 4.62. The first kappa shape index (κ1) is 8.85. The minimum atomic E-state index is -0.146. The van der Waals surface area contributed by atoms with Crippen molar-refractivity contribution in [2.24, 2.45) is 5.92 Å². The van der Waals surface area contributed by atoms with Crippen molar-refractivity contribution in [3.05, 3.63) is 0 Å². The van der Waals surface area contributed by atoms with Crippen molar-refractivity contribution >= 4 is 5.97 Å². The summed E-state index contributed by atoms with van der Waals surface area (Å²) in [6.45, 7) is 1.35. The van der Waals surface area contributed by atoms with Gasteiger partial charge in [0.15, 0.2) is 6.19 Å². The van der Waals surface area contributed by atoms with E-state index < -0.39 is 0 Å². The van der Waals surface area contributed by atoms with Gasteiger partial charge in [-0.1, -0.05) is 0 Å². The number of piperidine rings is 1. The fourth-order valence-corrected chi connectivity index (χ4v) is 1.38. The van der Waals surface area contributed by atoms with Gasteiger partial charge in [0.25, 0.3) is 0 Å². The number of rotatable bonds is 1. The van der Waals surface area contributed by atoms with Crippen LogP contribution in [0.3, 0.4) is 0 Å². The Labute approximate surface area is 71.7 Å². The third-order valence-corrected chi connectivity index (χ3v) is 2.17. The first-order valence-electron chi connectivity index (χ1n) is 4.00. The minimum absolute atomic E-state index is 0.000370. The van der Waals surface area contributed by atoms with Gasteiger partial charge in [-0.25, -0.2) is 0 Å². The summed E-state index contributed by atoms with van der Waals surface area (Å²) >= 11 is 0. The quantitative estimate of drug-likeness (QED) is 0.419. The molecule has 0 aliphatic carbocycles. The zero-order valence-corrected chi connectivity index (χ0v) is 7.12. The highest BCUT2D eigenvalue weighted by Gasteiger charge is 2.24. The van der Waals surface area contributed by atoms with Crippen LogP contribution in [0.2, 0.25) is 0 Å². The molecule has 0 unspecified atom stereocenters. The summed E-state index contributed by atoms with van der Waals surface area (Å²) in [5, 5.41) is 8.53. The standard InChI is InChI=1S/C8H12N2O2/c1-12-8(11)7-2-4-10(6-9)5-3-7/h7H,2-5H2,1H3. The Morgan fingerprint density at radius 3 is 2.58 bits per heavy atom. The first-order chi connectivity index (χ1) is 5.77. The first-order valence-corrected chi connectivity index (χ1v) is 4.00. The molecule has 0 N–H and O–H groups in total. The van der Waals surface area contributed by atoms with Gasteiger partial charge in [-0.05, 0) is 12.8 Å². The molecule has 4 nitrogen and oxygen atoms in total. The molecule has 0 amide bonds. The molecule has 0 aromatic heterocycles. The molecular weight excluding hydrogens is 156 g/mol. The third kappa shape index (κ3) is 1.88. The van der Waals surface area contributed by atoms with E-state index in [0.717, 1.165) is 12.8 Å². The van der Waals surface area contributed by atoms with E-state index in [1.807, 2.05) is 0 Å². The van der Waals surface area contributed by atoms with Crippen LogP contribution in [0.15, 0.2) is 0 Å². The largest absolute Gasteiger partial charge is 0.469 e. The summed E-state index contributed by atoms with van der Waals surface area (Å²) in [5.41, 5.74) is 0. The van der Waals surface area contributed by atoms with Crippen LogP contribution in [0.25, 0.3) is 0 Å². The number of esters is 1. The van der Waals surface area contributed by atoms with E-state index in [4.69, 9.17) is 5.26 Å². The van der Waals surface area contributed by atoms with Gasteiger partial charge in [0, 0.05) is 13.1 Å². The summed E-state index contributed by atoms with van der Waals surface area (Å²) in [5.74, 6) is -0.146. The molecule has 0 spiro atoms. The van der Waals surface area contributed by atoms with E-state index in [-0.39, 0.29) is 11.9 Å². The van der Waals surface area contributed by atoms with Crippen molar-refractivity contribution in [2.45, 2.75) is 12.8 Å². The summed E-state index contributed by atoms with van der Waals surface area (Å²) in [6.07, 6.45) is 3.54. The molecule has 0 bridgehead atoms. The van der Waals surface area contributed by atoms with E-state index in [1.54, 1.807) is 4.90 Å². The third-order valence-electron chi connectivity index (χ3n) is 2.17. The van der Waals surface area contributed by atoms with Crippen LogP contribution in [-0.4, -0.2) is 31.1 Å². The van der Waals surface area contributed by atoms with Crippen LogP contribution in [0.1, 0.15) is 12.8 Å². The molecule has 66 valence electrons. The fourth-order valence-electron chi connectivity index (χ4n) is 1.38. The van der Waals surface area contributed by atoms with Crippen molar-refractivity contribution in [1.82, 2.24) is 4.90 Å². The molecule has 0 aromatic carbocycles. The number of nitriles is 1. The van der Waals surface area contributed by atoms with Gasteiger partial charge < -0.3 is 9.64 Å². The molecule has 1 rings (SSSR count). The van der Waals surface area contributed by atoms with E-state index in [2.05, 4.69) is 10.9 Å². The molecule has 1 heterocycles. The number of nitrogens with zero attached hydrogens (tertiary/aromatic N) is 2. The highest BCUT2D eigenvalue weighted by atomic mass is 16.5. The van der Waals surface area contributed by atoms with Crippen molar-refractivity contribution in [3.63, 3.8) is 0 Å². The van der Waals surface area contributed by atoms with E-state index in [0.29, 0.717) is 13.1 Å². The predicted molar refractivity (Wildman–Crippen MR) is 41.9 cm³/mol. The molecule has 1 saturated heterocycles. The lowest BCUT2D eigenvalue weighted by Crippen LogP contribution is -2.33. The van der Waals surface area contributed by atoms with Crippen LogP contribution in [-0.2, 0) is 9.53 Å². The maximum absolute atomic E-state index is 11.0. The lowest BCUT2D eigenvalue weighted by molar-refractivity contribution is -0.146. The number of hydrogen-bond acceptors (Lipinski definition) is 4. The average Bonchev–Trinajstić information content (AvgIpc) is 2.17. The smallest absolute Gasteiger partial charge is 0.308 e. The topological polar surface area (TPSA) is 53.3 Å². The number of hydrogen-bond donors (Lipinski definition) is 0. The zero-order chi connectivity index (χ0) is 8.97.